The van der Waals surface area contributed by atoms with Gasteiger partial charge in [0, 0.05) is 33.5 Å². The van der Waals surface area contributed by atoms with Gasteiger partial charge in [-0.25, -0.2) is 0 Å². The van der Waals surface area contributed by atoms with E-state index in [0.717, 1.165) is 41.3 Å². The van der Waals surface area contributed by atoms with Crippen molar-refractivity contribution in [3.05, 3.63) is 235 Å². The summed E-state index contributed by atoms with van der Waals surface area (Å²) in [5.41, 5.74) is 10.9. The molecule has 9 aromatic carbocycles. The number of rotatable bonds is 8. The van der Waals surface area contributed by atoms with Crippen LogP contribution in [0.2, 0.25) is 0 Å². The Morgan fingerprint density at radius 2 is 0.929 bits per heavy atom. The van der Waals surface area contributed by atoms with Crippen LogP contribution in [0.1, 0.15) is 11.1 Å². The SMILES string of the molecule is C=C/C=C(\C=C1/Cc2ccc(N(c3ccccc3)c3cc4ccccc4c4ccccc34)cc2C1)N(c1ccccc1)c1cc2ccccc2c2ccccc12. The van der Waals surface area contributed by atoms with Crippen LogP contribution in [-0.4, -0.2) is 0 Å². The molecule has 0 radical (unpaired) electrons. The molecule has 0 aromatic heterocycles. The first-order chi connectivity index (χ1) is 27.7. The van der Waals surface area contributed by atoms with Crippen molar-refractivity contribution in [1.82, 2.24) is 0 Å². The van der Waals surface area contributed by atoms with Gasteiger partial charge in [-0.3, -0.25) is 0 Å². The first-order valence-corrected chi connectivity index (χ1v) is 19.4. The second-order valence-corrected chi connectivity index (χ2v) is 14.6. The minimum Gasteiger partial charge on any atom is -0.310 e. The molecule has 0 spiro atoms. The average Bonchev–Trinajstić information content (AvgIpc) is 3.66. The summed E-state index contributed by atoms with van der Waals surface area (Å²) in [5.74, 6) is 0. The summed E-state index contributed by atoms with van der Waals surface area (Å²) in [6.07, 6.45) is 8.23. The molecule has 0 aliphatic heterocycles. The summed E-state index contributed by atoms with van der Waals surface area (Å²) >= 11 is 0. The molecule has 0 fully saturated rings. The van der Waals surface area contributed by atoms with Gasteiger partial charge >= 0.3 is 0 Å². The smallest absolute Gasteiger partial charge is 0.0546 e. The van der Waals surface area contributed by atoms with Crippen molar-refractivity contribution in [3.63, 3.8) is 0 Å². The monoisotopic (exact) mass is 716 g/mol. The zero-order chi connectivity index (χ0) is 37.4. The Bertz CT molecular complexity index is 2990. The van der Waals surface area contributed by atoms with Crippen LogP contribution in [0.25, 0.3) is 43.1 Å². The molecule has 2 nitrogen and oxygen atoms in total. The number of hydrogen-bond acceptors (Lipinski definition) is 2. The molecular formula is C54H40N2. The maximum absolute atomic E-state index is 4.19. The zero-order valence-electron chi connectivity index (χ0n) is 31.1. The summed E-state index contributed by atoms with van der Waals surface area (Å²) in [7, 11) is 0. The Labute approximate surface area is 328 Å². The third-order valence-corrected chi connectivity index (χ3v) is 11.2. The maximum atomic E-state index is 4.19. The van der Waals surface area contributed by atoms with E-state index >= 15 is 0 Å². The molecule has 0 N–H and O–H groups in total. The van der Waals surface area contributed by atoms with Crippen molar-refractivity contribution >= 4 is 71.5 Å². The molecule has 2 heteroatoms. The predicted molar refractivity (Wildman–Crippen MR) is 240 cm³/mol. The number of benzene rings is 9. The zero-order valence-corrected chi connectivity index (χ0v) is 31.1. The van der Waals surface area contributed by atoms with Gasteiger partial charge in [0.25, 0.3) is 0 Å². The number of allylic oxidation sites excluding steroid dienone is 4. The summed E-state index contributed by atoms with van der Waals surface area (Å²) in [6, 6.07) is 68.2. The van der Waals surface area contributed by atoms with Crippen molar-refractivity contribution in [2.45, 2.75) is 12.8 Å². The van der Waals surface area contributed by atoms with Gasteiger partial charge in [0.2, 0.25) is 0 Å². The highest BCUT2D eigenvalue weighted by molar-refractivity contribution is 6.15. The van der Waals surface area contributed by atoms with Crippen LogP contribution in [0.15, 0.2) is 224 Å². The molecule has 1 aliphatic carbocycles. The Morgan fingerprint density at radius 3 is 1.55 bits per heavy atom. The maximum Gasteiger partial charge on any atom is 0.0546 e. The third kappa shape index (κ3) is 5.93. The topological polar surface area (TPSA) is 6.48 Å². The lowest BCUT2D eigenvalue weighted by molar-refractivity contribution is 1.13. The predicted octanol–water partition coefficient (Wildman–Crippen LogP) is 14.7. The summed E-state index contributed by atoms with van der Waals surface area (Å²) in [5, 5.41) is 9.94. The Balaban J connectivity index is 1.08. The number of para-hydroxylation sites is 2. The van der Waals surface area contributed by atoms with Crippen LogP contribution < -0.4 is 9.80 Å². The van der Waals surface area contributed by atoms with E-state index in [9.17, 15) is 0 Å². The van der Waals surface area contributed by atoms with E-state index in [4.69, 9.17) is 0 Å². The molecule has 0 saturated carbocycles. The molecule has 0 unspecified atom stereocenters. The molecule has 266 valence electrons. The fourth-order valence-corrected chi connectivity index (χ4v) is 8.71. The molecule has 9 aromatic rings. The van der Waals surface area contributed by atoms with E-state index < -0.39 is 0 Å². The van der Waals surface area contributed by atoms with Gasteiger partial charge in [-0.15, -0.1) is 0 Å². The summed E-state index contributed by atoms with van der Waals surface area (Å²) < 4.78 is 0. The standard InChI is InChI=1S/C54H40N2/c1-2-17-45(55(43-20-5-3-6-21-43)53-36-40-18-9-11-24-47(40)49-26-13-15-28-51(49)53)34-38-32-39-30-31-46(35-42(39)33-38)56(44-22-7-4-8-23-44)54-37-41-19-10-12-25-48(41)50-27-14-16-29-52(50)54/h2-31,34-37H,1,32-33H2/b38-34+,45-17+. The lowest BCUT2D eigenvalue weighted by Gasteiger charge is -2.28. The molecule has 1 aliphatic rings. The highest BCUT2D eigenvalue weighted by atomic mass is 15.2. The second kappa shape index (κ2) is 14.2. The van der Waals surface area contributed by atoms with Crippen molar-refractivity contribution in [3.8, 4) is 0 Å². The summed E-state index contributed by atoms with van der Waals surface area (Å²) in [4.78, 5) is 4.83. The van der Waals surface area contributed by atoms with Crippen LogP contribution in [0, 0.1) is 0 Å². The summed E-state index contributed by atoms with van der Waals surface area (Å²) in [6.45, 7) is 4.19. The fourth-order valence-electron chi connectivity index (χ4n) is 8.71. The molecule has 0 amide bonds. The van der Waals surface area contributed by atoms with Crippen molar-refractivity contribution in [1.29, 1.82) is 0 Å². The average molecular weight is 717 g/mol. The first kappa shape index (κ1) is 33.4. The van der Waals surface area contributed by atoms with E-state index in [-0.39, 0.29) is 0 Å². The highest BCUT2D eigenvalue weighted by Crippen LogP contribution is 2.44. The van der Waals surface area contributed by atoms with E-state index in [1.165, 1.54) is 65.5 Å². The minimum atomic E-state index is 0.875. The quantitative estimate of drug-likeness (QED) is 0.114. The molecule has 0 bridgehead atoms. The van der Waals surface area contributed by atoms with Crippen LogP contribution >= 0.6 is 0 Å². The van der Waals surface area contributed by atoms with Crippen molar-refractivity contribution in [2.24, 2.45) is 0 Å². The van der Waals surface area contributed by atoms with Gasteiger partial charge in [0.05, 0.1) is 11.4 Å². The lowest BCUT2D eigenvalue weighted by atomic mass is 9.98. The lowest BCUT2D eigenvalue weighted by Crippen LogP contribution is -2.16. The Morgan fingerprint density at radius 1 is 0.429 bits per heavy atom. The number of anilines is 5. The van der Waals surface area contributed by atoms with Crippen LogP contribution in [0.4, 0.5) is 28.4 Å². The van der Waals surface area contributed by atoms with E-state index in [1.54, 1.807) is 0 Å². The van der Waals surface area contributed by atoms with Crippen molar-refractivity contribution < 1.29 is 0 Å². The number of fused-ring (bicyclic) bond motifs is 7. The molecule has 10 rings (SSSR count). The molecule has 0 heterocycles. The van der Waals surface area contributed by atoms with E-state index in [1.807, 2.05) is 6.08 Å². The van der Waals surface area contributed by atoms with Gasteiger partial charge in [-0.2, -0.15) is 0 Å². The normalized spacial score (nSPS) is 13.4. The van der Waals surface area contributed by atoms with E-state index in [2.05, 4.69) is 217 Å². The molecule has 56 heavy (non-hydrogen) atoms. The number of nitrogens with zero attached hydrogens (tertiary/aromatic N) is 2. The van der Waals surface area contributed by atoms with Crippen molar-refractivity contribution in [2.75, 3.05) is 9.80 Å². The van der Waals surface area contributed by atoms with Crippen LogP contribution in [0.3, 0.4) is 0 Å². The molecule has 0 saturated heterocycles. The van der Waals surface area contributed by atoms with Crippen LogP contribution in [0.5, 0.6) is 0 Å². The second-order valence-electron chi connectivity index (χ2n) is 14.6. The van der Waals surface area contributed by atoms with Gasteiger partial charge in [-0.1, -0.05) is 158 Å². The van der Waals surface area contributed by atoms with Gasteiger partial charge in [0.15, 0.2) is 0 Å². The largest absolute Gasteiger partial charge is 0.310 e. The minimum absolute atomic E-state index is 0.875. The molecule has 0 atom stereocenters. The fraction of sp³-hybridized carbons (Fsp3) is 0.0370. The van der Waals surface area contributed by atoms with E-state index in [0.29, 0.717) is 0 Å². The number of hydrogen-bond donors (Lipinski definition) is 0. The highest BCUT2D eigenvalue weighted by Gasteiger charge is 2.23. The Hall–Kier alpha value is -7.16. The molecular weight excluding hydrogens is 677 g/mol. The van der Waals surface area contributed by atoms with Gasteiger partial charge < -0.3 is 9.80 Å². The van der Waals surface area contributed by atoms with Crippen LogP contribution in [-0.2, 0) is 12.8 Å². The Kier molecular flexibility index (Phi) is 8.50. The van der Waals surface area contributed by atoms with Gasteiger partial charge in [0.1, 0.15) is 0 Å². The first-order valence-electron chi connectivity index (χ1n) is 19.4. The van der Waals surface area contributed by atoms with Gasteiger partial charge in [-0.05, 0) is 117 Å². The third-order valence-electron chi connectivity index (χ3n) is 11.2.